The van der Waals surface area contributed by atoms with Crippen LogP contribution in [0.4, 0.5) is 15.8 Å². The molecule has 0 radical (unpaired) electrons. The van der Waals surface area contributed by atoms with Gasteiger partial charge < -0.3 is 21.5 Å². The van der Waals surface area contributed by atoms with E-state index in [2.05, 4.69) is 9.69 Å². The van der Waals surface area contributed by atoms with Gasteiger partial charge in [-0.3, -0.25) is 19.3 Å². The number of ether oxygens (including phenoxy) is 1. The Hall–Kier alpha value is -3.83. The van der Waals surface area contributed by atoms with Crippen molar-refractivity contribution in [3.8, 4) is 0 Å². The van der Waals surface area contributed by atoms with E-state index in [0.717, 1.165) is 35.5 Å². The molecule has 9 nitrogen and oxygen atoms in total. The summed E-state index contributed by atoms with van der Waals surface area (Å²) in [5, 5.41) is 2.89. The van der Waals surface area contributed by atoms with E-state index in [1.807, 2.05) is 26.0 Å². The predicted molar refractivity (Wildman–Crippen MR) is 139 cm³/mol. The zero-order valence-corrected chi connectivity index (χ0v) is 21.3. The molecule has 1 aliphatic heterocycles. The molecule has 1 aromatic heterocycles. The predicted octanol–water partition coefficient (Wildman–Crippen LogP) is 3.26. The van der Waals surface area contributed by atoms with Gasteiger partial charge >= 0.3 is 0 Å². The van der Waals surface area contributed by atoms with Crippen molar-refractivity contribution in [3.63, 3.8) is 0 Å². The molecule has 37 heavy (non-hydrogen) atoms. The molecule has 0 spiro atoms. The molecular weight excluding hydrogens is 497 g/mol. The molecule has 3 amide bonds. The number of primary amides is 1. The van der Waals surface area contributed by atoms with E-state index in [4.69, 9.17) is 16.2 Å². The van der Waals surface area contributed by atoms with Crippen LogP contribution in [0.5, 0.6) is 0 Å². The maximum absolute atomic E-state index is 14.1. The fraction of sp³-hybridized carbons (Fsp3) is 0.308. The number of rotatable bonds is 8. The van der Waals surface area contributed by atoms with E-state index in [-0.39, 0.29) is 28.9 Å². The zero-order valence-electron chi connectivity index (χ0n) is 20.5. The maximum Gasteiger partial charge on any atom is 0.273 e. The van der Waals surface area contributed by atoms with Crippen molar-refractivity contribution in [2.75, 3.05) is 23.8 Å². The van der Waals surface area contributed by atoms with Crippen molar-refractivity contribution in [1.29, 1.82) is 0 Å². The average Bonchev–Trinajstić information content (AvgIpc) is 3.52. The van der Waals surface area contributed by atoms with Gasteiger partial charge in [-0.2, -0.15) is 4.37 Å². The molecule has 2 aromatic carbocycles. The van der Waals surface area contributed by atoms with Crippen molar-refractivity contribution in [2.45, 2.75) is 38.8 Å². The third kappa shape index (κ3) is 5.62. The van der Waals surface area contributed by atoms with Gasteiger partial charge in [-0.05, 0) is 67.5 Å². The topological polar surface area (TPSA) is 141 Å². The molecule has 194 valence electrons. The zero-order chi connectivity index (χ0) is 26.7. The molecule has 11 heteroatoms. The summed E-state index contributed by atoms with van der Waals surface area (Å²) in [6, 6.07) is 9.62. The van der Waals surface area contributed by atoms with Crippen LogP contribution in [0.1, 0.15) is 55.7 Å². The van der Waals surface area contributed by atoms with Gasteiger partial charge in [0, 0.05) is 18.8 Å². The quantitative estimate of drug-likeness (QED) is 0.412. The number of aryl methyl sites for hydroxylation is 2. The lowest BCUT2D eigenvalue weighted by Crippen LogP contribution is -2.46. The summed E-state index contributed by atoms with van der Waals surface area (Å²) in [7, 11) is 0. The fourth-order valence-electron chi connectivity index (χ4n) is 4.36. The van der Waals surface area contributed by atoms with Crippen molar-refractivity contribution >= 4 is 40.6 Å². The maximum atomic E-state index is 14.1. The van der Waals surface area contributed by atoms with Crippen LogP contribution >= 0.6 is 11.5 Å². The molecule has 5 N–H and O–H groups in total. The summed E-state index contributed by atoms with van der Waals surface area (Å²) in [5.41, 5.74) is 13.6. The molecule has 0 unspecified atom stereocenters. The second-order valence-corrected chi connectivity index (χ2v) is 9.71. The summed E-state index contributed by atoms with van der Waals surface area (Å²) in [4.78, 5) is 40.8. The molecule has 0 bridgehead atoms. The molecule has 1 aliphatic rings. The molecule has 2 atom stereocenters. The number of carbonyl (C=O) groups is 3. The van der Waals surface area contributed by atoms with Crippen LogP contribution in [-0.2, 0) is 9.53 Å². The fourth-order valence-corrected chi connectivity index (χ4v) is 5.10. The largest absolute Gasteiger partial charge is 0.395 e. The Morgan fingerprint density at radius 1 is 1.22 bits per heavy atom. The first-order valence-corrected chi connectivity index (χ1v) is 12.5. The standard InChI is InChI=1S/C26H28FN5O4S/c1-14-5-10-19(15(2)12-14)32(26(35)23-20(28)21(24(29)33)31-37-23)22(16-6-8-17(27)9-7-16)25(34)30-13-18-4-3-11-36-18/h5-10,12,18,22H,3-4,11,13,28H2,1-2H3,(H2,29,33)(H,30,34)/t18-,22+/m0/s1. The monoisotopic (exact) mass is 525 g/mol. The van der Waals surface area contributed by atoms with Gasteiger partial charge in [-0.15, -0.1) is 0 Å². The van der Waals surface area contributed by atoms with Crippen LogP contribution in [-0.4, -0.2) is 41.4 Å². The van der Waals surface area contributed by atoms with Gasteiger partial charge in [0.1, 0.15) is 16.7 Å². The highest BCUT2D eigenvalue weighted by Crippen LogP contribution is 2.35. The Labute approximate surface area is 217 Å². The minimum atomic E-state index is -1.19. The molecule has 0 saturated carbocycles. The van der Waals surface area contributed by atoms with Gasteiger partial charge in [-0.1, -0.05) is 29.8 Å². The van der Waals surface area contributed by atoms with Crippen LogP contribution in [0, 0.1) is 19.7 Å². The van der Waals surface area contributed by atoms with Crippen molar-refractivity contribution in [3.05, 3.63) is 75.5 Å². The van der Waals surface area contributed by atoms with Crippen molar-refractivity contribution in [2.24, 2.45) is 5.73 Å². The van der Waals surface area contributed by atoms with E-state index >= 15 is 0 Å². The van der Waals surface area contributed by atoms with E-state index in [1.165, 1.54) is 29.2 Å². The number of halogens is 1. The number of nitrogens with one attached hydrogen (secondary N) is 1. The third-order valence-electron chi connectivity index (χ3n) is 6.21. The highest BCUT2D eigenvalue weighted by molar-refractivity contribution is 7.09. The number of carbonyl (C=O) groups excluding carboxylic acids is 3. The lowest BCUT2D eigenvalue weighted by molar-refractivity contribution is -0.123. The van der Waals surface area contributed by atoms with E-state index in [0.29, 0.717) is 17.9 Å². The number of nitrogen functional groups attached to an aromatic ring is 1. The molecular formula is C26H28FN5O4S. The smallest absolute Gasteiger partial charge is 0.273 e. The Balaban J connectivity index is 1.84. The Morgan fingerprint density at radius 2 is 1.95 bits per heavy atom. The first-order chi connectivity index (χ1) is 17.7. The highest BCUT2D eigenvalue weighted by atomic mass is 32.1. The number of aromatic nitrogens is 1. The molecule has 4 rings (SSSR count). The van der Waals surface area contributed by atoms with Gasteiger partial charge in [-0.25, -0.2) is 4.39 Å². The third-order valence-corrected chi connectivity index (χ3v) is 7.06. The highest BCUT2D eigenvalue weighted by Gasteiger charge is 2.37. The number of nitrogens with zero attached hydrogens (tertiary/aromatic N) is 2. The number of nitrogens with two attached hydrogens (primary N) is 2. The number of amides is 3. The Morgan fingerprint density at radius 3 is 2.54 bits per heavy atom. The van der Waals surface area contributed by atoms with Crippen molar-refractivity contribution in [1.82, 2.24) is 9.69 Å². The summed E-state index contributed by atoms with van der Waals surface area (Å²) in [5.74, 6) is -2.47. The van der Waals surface area contributed by atoms with E-state index in [9.17, 15) is 18.8 Å². The van der Waals surface area contributed by atoms with Crippen LogP contribution in [0.25, 0.3) is 0 Å². The number of anilines is 2. The minimum absolute atomic E-state index is 0.0344. The Bertz CT molecular complexity index is 1320. The first-order valence-electron chi connectivity index (χ1n) is 11.8. The lowest BCUT2D eigenvalue weighted by atomic mass is 10.0. The van der Waals surface area contributed by atoms with Crippen LogP contribution in [0.2, 0.25) is 0 Å². The minimum Gasteiger partial charge on any atom is -0.395 e. The summed E-state index contributed by atoms with van der Waals surface area (Å²) in [6.45, 7) is 4.62. The molecule has 2 heterocycles. The Kier molecular flexibility index (Phi) is 7.84. The van der Waals surface area contributed by atoms with Crippen LogP contribution < -0.4 is 21.7 Å². The van der Waals surface area contributed by atoms with Crippen molar-refractivity contribution < 1.29 is 23.5 Å². The van der Waals surface area contributed by atoms with Crippen LogP contribution in [0.15, 0.2) is 42.5 Å². The molecule has 1 fully saturated rings. The normalized spacial score (nSPS) is 15.8. The molecule has 3 aromatic rings. The number of benzene rings is 2. The summed E-state index contributed by atoms with van der Waals surface area (Å²) >= 11 is 0.726. The molecule has 0 aliphatic carbocycles. The lowest BCUT2D eigenvalue weighted by Gasteiger charge is -2.32. The van der Waals surface area contributed by atoms with Crippen LogP contribution in [0.3, 0.4) is 0 Å². The average molecular weight is 526 g/mol. The summed E-state index contributed by atoms with van der Waals surface area (Å²) < 4.78 is 23.4. The molecule has 1 saturated heterocycles. The second-order valence-electron chi connectivity index (χ2n) is 8.94. The van der Waals surface area contributed by atoms with Gasteiger partial charge in [0.15, 0.2) is 5.69 Å². The summed E-state index contributed by atoms with van der Waals surface area (Å²) in [6.07, 6.45) is 1.59. The SMILES string of the molecule is Cc1ccc(N(C(=O)c2snc(C(N)=O)c2N)[C@@H](C(=O)NC[C@@H]2CCCO2)c2ccc(F)cc2)c(C)c1. The van der Waals surface area contributed by atoms with E-state index in [1.54, 1.807) is 6.07 Å². The van der Waals surface area contributed by atoms with Gasteiger partial charge in [0.2, 0.25) is 5.91 Å². The van der Waals surface area contributed by atoms with E-state index < -0.39 is 29.6 Å². The number of hydrogen-bond donors (Lipinski definition) is 3. The van der Waals surface area contributed by atoms with Gasteiger partial charge in [0.25, 0.3) is 11.8 Å². The number of hydrogen-bond acceptors (Lipinski definition) is 7. The van der Waals surface area contributed by atoms with Gasteiger partial charge in [0.05, 0.1) is 11.8 Å². The second kappa shape index (κ2) is 11.1. The first kappa shape index (κ1) is 26.2.